The van der Waals surface area contributed by atoms with E-state index in [0.29, 0.717) is 5.84 Å². The second-order valence-corrected chi connectivity index (χ2v) is 5.20. The lowest BCUT2D eigenvalue weighted by atomic mass is 9.86. The van der Waals surface area contributed by atoms with Gasteiger partial charge >= 0.3 is 0 Å². The molecule has 0 aromatic carbocycles. The average Bonchev–Trinajstić information content (AvgIpc) is 2.22. The average molecular weight is 233 g/mol. The van der Waals surface area contributed by atoms with E-state index < -0.39 is 0 Å². The molecule has 4 nitrogen and oxygen atoms in total. The third-order valence-corrected chi connectivity index (χ3v) is 3.05. The molecule has 0 aromatic rings. The second-order valence-electron chi connectivity index (χ2n) is 4.22. The molecular formula is C10H23N3OS. The predicted molar refractivity (Wildman–Crippen MR) is 67.7 cm³/mol. The maximum Gasteiger partial charge on any atom is 0.144 e. The zero-order chi connectivity index (χ0) is 11.7. The number of nitrogens with one attached hydrogen (secondary N) is 1. The van der Waals surface area contributed by atoms with Crippen molar-refractivity contribution in [3.63, 3.8) is 0 Å². The van der Waals surface area contributed by atoms with Gasteiger partial charge in [-0.05, 0) is 25.6 Å². The molecule has 4 N–H and O–H groups in total. The molecule has 15 heavy (non-hydrogen) atoms. The summed E-state index contributed by atoms with van der Waals surface area (Å²) in [5.41, 5.74) is 5.38. The van der Waals surface area contributed by atoms with Crippen LogP contribution in [0.25, 0.3) is 0 Å². The maximum absolute atomic E-state index is 8.59. The minimum Gasteiger partial charge on any atom is -0.409 e. The number of hydrogen-bond donors (Lipinski definition) is 3. The Kier molecular flexibility index (Phi) is 7.60. The van der Waals surface area contributed by atoms with E-state index in [2.05, 4.69) is 16.7 Å². The molecular weight excluding hydrogens is 210 g/mol. The first-order chi connectivity index (χ1) is 7.04. The van der Waals surface area contributed by atoms with Crippen molar-refractivity contribution in [1.29, 1.82) is 0 Å². The summed E-state index contributed by atoms with van der Waals surface area (Å²) >= 11 is 1.84. The van der Waals surface area contributed by atoms with E-state index in [9.17, 15) is 0 Å². The van der Waals surface area contributed by atoms with Gasteiger partial charge in [0.15, 0.2) is 0 Å². The molecule has 0 aliphatic heterocycles. The fourth-order valence-corrected chi connectivity index (χ4v) is 1.57. The summed E-state index contributed by atoms with van der Waals surface area (Å²) in [5.74, 6) is 1.45. The van der Waals surface area contributed by atoms with Crippen LogP contribution >= 0.6 is 11.8 Å². The molecule has 5 heteroatoms. The highest BCUT2D eigenvalue weighted by molar-refractivity contribution is 7.98. The first kappa shape index (κ1) is 14.6. The lowest BCUT2D eigenvalue weighted by Gasteiger charge is -2.22. The van der Waals surface area contributed by atoms with E-state index in [4.69, 9.17) is 10.9 Å². The second kappa shape index (κ2) is 7.82. The third-order valence-electron chi connectivity index (χ3n) is 2.44. The van der Waals surface area contributed by atoms with Gasteiger partial charge in [-0.25, -0.2) is 0 Å². The zero-order valence-electron chi connectivity index (χ0n) is 9.92. The summed E-state index contributed by atoms with van der Waals surface area (Å²) < 4.78 is 0. The molecule has 0 aliphatic rings. The molecule has 0 spiro atoms. The number of nitrogens with zero attached hydrogens (tertiary/aromatic N) is 1. The van der Waals surface area contributed by atoms with E-state index in [-0.39, 0.29) is 5.41 Å². The van der Waals surface area contributed by atoms with Gasteiger partial charge in [-0.1, -0.05) is 19.0 Å². The van der Waals surface area contributed by atoms with E-state index >= 15 is 0 Å². The number of oxime groups is 1. The number of amidine groups is 1. The number of hydrogen-bond acceptors (Lipinski definition) is 4. The Balaban J connectivity index is 3.58. The van der Waals surface area contributed by atoms with Crippen LogP contribution in [-0.2, 0) is 0 Å². The van der Waals surface area contributed by atoms with Crippen molar-refractivity contribution in [2.45, 2.75) is 26.7 Å². The largest absolute Gasteiger partial charge is 0.409 e. The first-order valence-corrected chi connectivity index (χ1v) is 6.61. The zero-order valence-corrected chi connectivity index (χ0v) is 10.7. The summed E-state index contributed by atoms with van der Waals surface area (Å²) in [6.07, 6.45) is 4.07. The predicted octanol–water partition coefficient (Wildman–Crippen LogP) is 1.49. The molecule has 0 fully saturated rings. The molecule has 0 atom stereocenters. The van der Waals surface area contributed by atoms with Crippen molar-refractivity contribution in [3.05, 3.63) is 0 Å². The molecule has 0 aromatic heterocycles. The van der Waals surface area contributed by atoms with Gasteiger partial charge in [0.05, 0.1) is 0 Å². The normalized spacial score (nSPS) is 13.1. The van der Waals surface area contributed by atoms with Crippen molar-refractivity contribution < 1.29 is 5.21 Å². The van der Waals surface area contributed by atoms with Crippen molar-refractivity contribution >= 4 is 17.6 Å². The van der Waals surface area contributed by atoms with Crippen LogP contribution in [0.1, 0.15) is 26.7 Å². The minimum absolute atomic E-state index is 0.212. The van der Waals surface area contributed by atoms with E-state index in [1.165, 1.54) is 0 Å². The Labute approximate surface area is 96.7 Å². The quantitative estimate of drug-likeness (QED) is 0.195. The number of nitrogens with two attached hydrogens (primary N) is 1. The van der Waals surface area contributed by atoms with Crippen LogP contribution in [0.4, 0.5) is 0 Å². The smallest absolute Gasteiger partial charge is 0.144 e. The fraction of sp³-hybridized carbons (Fsp3) is 0.900. The lowest BCUT2D eigenvalue weighted by molar-refractivity contribution is 0.304. The van der Waals surface area contributed by atoms with E-state index in [1.807, 2.05) is 25.6 Å². The highest BCUT2D eigenvalue weighted by Crippen LogP contribution is 2.21. The van der Waals surface area contributed by atoms with Crippen LogP contribution in [0.5, 0.6) is 0 Å². The summed E-state index contributed by atoms with van der Waals surface area (Å²) in [4.78, 5) is 0. The molecule has 90 valence electrons. The molecule has 0 saturated carbocycles. The van der Waals surface area contributed by atoms with E-state index in [1.54, 1.807) is 0 Å². The molecule has 0 radical (unpaired) electrons. The van der Waals surface area contributed by atoms with Crippen LogP contribution < -0.4 is 11.1 Å². The molecule has 0 unspecified atom stereocenters. The van der Waals surface area contributed by atoms with Crippen molar-refractivity contribution in [1.82, 2.24) is 5.32 Å². The maximum atomic E-state index is 8.59. The van der Waals surface area contributed by atoms with Crippen LogP contribution in [0.15, 0.2) is 5.16 Å². The van der Waals surface area contributed by atoms with Crippen molar-refractivity contribution in [3.8, 4) is 0 Å². The van der Waals surface area contributed by atoms with Gasteiger partial charge in [0.1, 0.15) is 5.84 Å². The third kappa shape index (κ3) is 6.62. The molecule has 0 bridgehead atoms. The number of thioether (sulfide) groups is 1. The Hall–Kier alpha value is -0.420. The Morgan fingerprint density at radius 2 is 2.13 bits per heavy atom. The van der Waals surface area contributed by atoms with E-state index in [0.717, 1.165) is 31.7 Å². The first-order valence-electron chi connectivity index (χ1n) is 5.22. The standard InChI is InChI=1S/C10H23N3OS/c1-10(2,9(11)13-14)5-4-6-12-7-8-15-3/h12,14H,4-8H2,1-3H3,(H2,11,13). The van der Waals surface area contributed by atoms with Gasteiger partial charge in [0.25, 0.3) is 0 Å². The summed E-state index contributed by atoms with van der Waals surface area (Å²) in [6.45, 7) is 6.02. The minimum atomic E-state index is -0.212. The van der Waals surface area contributed by atoms with Crippen LogP contribution in [0.3, 0.4) is 0 Å². The Morgan fingerprint density at radius 3 is 2.67 bits per heavy atom. The highest BCUT2D eigenvalue weighted by Gasteiger charge is 2.22. The Bertz CT molecular complexity index is 195. The van der Waals surface area contributed by atoms with Crippen LogP contribution in [0, 0.1) is 5.41 Å². The lowest BCUT2D eigenvalue weighted by Crippen LogP contribution is -2.32. The highest BCUT2D eigenvalue weighted by atomic mass is 32.2. The fourth-order valence-electron chi connectivity index (χ4n) is 1.22. The van der Waals surface area contributed by atoms with Gasteiger partial charge in [-0.3, -0.25) is 0 Å². The Morgan fingerprint density at radius 1 is 1.47 bits per heavy atom. The van der Waals surface area contributed by atoms with Crippen molar-refractivity contribution in [2.24, 2.45) is 16.3 Å². The van der Waals surface area contributed by atoms with Crippen molar-refractivity contribution in [2.75, 3.05) is 25.1 Å². The molecule has 0 amide bonds. The monoisotopic (exact) mass is 233 g/mol. The molecule has 0 aliphatic carbocycles. The topological polar surface area (TPSA) is 70.6 Å². The van der Waals surface area contributed by atoms with Crippen LogP contribution in [0.2, 0.25) is 0 Å². The van der Waals surface area contributed by atoms with Gasteiger partial charge in [0.2, 0.25) is 0 Å². The summed E-state index contributed by atoms with van der Waals surface area (Å²) in [5, 5.41) is 15.0. The summed E-state index contributed by atoms with van der Waals surface area (Å²) in [7, 11) is 0. The van der Waals surface area contributed by atoms with Crippen LogP contribution in [-0.4, -0.2) is 36.1 Å². The SMILES string of the molecule is CSCCNCCCC(C)(C)C(N)=NO. The molecule has 0 rings (SSSR count). The molecule has 0 saturated heterocycles. The van der Waals surface area contributed by atoms with Gasteiger partial charge in [-0.15, -0.1) is 0 Å². The number of rotatable bonds is 8. The van der Waals surface area contributed by atoms with Gasteiger partial charge in [0, 0.05) is 17.7 Å². The summed E-state index contributed by atoms with van der Waals surface area (Å²) in [6, 6.07) is 0. The van der Waals surface area contributed by atoms with Gasteiger partial charge in [-0.2, -0.15) is 11.8 Å². The molecule has 0 heterocycles. The van der Waals surface area contributed by atoms with Gasteiger partial charge < -0.3 is 16.3 Å².